The number of carbonyl (C=O) groups is 1. The van der Waals surface area contributed by atoms with Crippen molar-refractivity contribution in [2.75, 3.05) is 6.54 Å². The standard InChI is InChI=1S/C15H17ClFN3O/c1-11(9-20-6-5-18-10-20)8-19-15(21)7-12-13(16)3-2-4-14(12)17/h2-6,10-11H,7-9H2,1H3,(H,19,21)/t11-/m0/s1. The van der Waals surface area contributed by atoms with Gasteiger partial charge in [-0.3, -0.25) is 4.79 Å². The molecule has 0 aliphatic rings. The molecule has 0 saturated heterocycles. The van der Waals surface area contributed by atoms with Gasteiger partial charge in [0, 0.05) is 36.1 Å². The van der Waals surface area contributed by atoms with Crippen molar-refractivity contribution in [2.24, 2.45) is 5.92 Å². The van der Waals surface area contributed by atoms with Crippen LogP contribution in [0.2, 0.25) is 5.02 Å². The highest BCUT2D eigenvalue weighted by molar-refractivity contribution is 6.31. The van der Waals surface area contributed by atoms with Crippen LogP contribution in [0.5, 0.6) is 0 Å². The number of hydrogen-bond acceptors (Lipinski definition) is 2. The highest BCUT2D eigenvalue weighted by Crippen LogP contribution is 2.19. The quantitative estimate of drug-likeness (QED) is 0.892. The van der Waals surface area contributed by atoms with Crippen LogP contribution in [0.1, 0.15) is 12.5 Å². The molecule has 1 N–H and O–H groups in total. The lowest BCUT2D eigenvalue weighted by Gasteiger charge is -2.13. The summed E-state index contributed by atoms with van der Waals surface area (Å²) in [6, 6.07) is 4.40. The molecule has 21 heavy (non-hydrogen) atoms. The Morgan fingerprint density at radius 1 is 1.52 bits per heavy atom. The van der Waals surface area contributed by atoms with E-state index in [0.29, 0.717) is 6.54 Å². The predicted molar refractivity (Wildman–Crippen MR) is 79.5 cm³/mol. The number of aromatic nitrogens is 2. The molecule has 0 bridgehead atoms. The Bertz CT molecular complexity index is 581. The largest absolute Gasteiger partial charge is 0.355 e. The summed E-state index contributed by atoms with van der Waals surface area (Å²) in [7, 11) is 0. The van der Waals surface area contributed by atoms with Gasteiger partial charge in [-0.05, 0) is 18.1 Å². The van der Waals surface area contributed by atoms with Crippen molar-refractivity contribution >= 4 is 17.5 Å². The number of nitrogens with zero attached hydrogens (tertiary/aromatic N) is 2. The van der Waals surface area contributed by atoms with Crippen LogP contribution in [0.25, 0.3) is 0 Å². The average Bonchev–Trinajstić information content (AvgIpc) is 2.94. The smallest absolute Gasteiger partial charge is 0.224 e. The molecule has 1 heterocycles. The number of halogens is 2. The second-order valence-electron chi connectivity index (χ2n) is 5.05. The first-order valence-electron chi connectivity index (χ1n) is 6.71. The normalized spacial score (nSPS) is 12.1. The molecule has 0 spiro atoms. The third-order valence-electron chi connectivity index (χ3n) is 3.13. The lowest BCUT2D eigenvalue weighted by molar-refractivity contribution is -0.120. The van der Waals surface area contributed by atoms with E-state index in [1.165, 1.54) is 12.1 Å². The molecule has 1 aromatic carbocycles. The lowest BCUT2D eigenvalue weighted by Crippen LogP contribution is -2.31. The van der Waals surface area contributed by atoms with Crippen LogP contribution in [-0.2, 0) is 17.8 Å². The first kappa shape index (κ1) is 15.5. The summed E-state index contributed by atoms with van der Waals surface area (Å²) in [4.78, 5) is 15.8. The minimum atomic E-state index is -0.455. The van der Waals surface area contributed by atoms with Crippen molar-refractivity contribution in [3.8, 4) is 0 Å². The number of amides is 1. The monoisotopic (exact) mass is 309 g/mol. The van der Waals surface area contributed by atoms with E-state index in [1.807, 2.05) is 17.7 Å². The molecule has 0 saturated carbocycles. The molecule has 1 amide bonds. The molecule has 2 rings (SSSR count). The Hall–Kier alpha value is -1.88. The average molecular weight is 310 g/mol. The zero-order chi connectivity index (χ0) is 15.2. The number of hydrogen-bond donors (Lipinski definition) is 1. The number of carbonyl (C=O) groups excluding carboxylic acids is 1. The van der Waals surface area contributed by atoms with Gasteiger partial charge < -0.3 is 9.88 Å². The van der Waals surface area contributed by atoms with Gasteiger partial charge in [-0.25, -0.2) is 9.37 Å². The van der Waals surface area contributed by atoms with E-state index < -0.39 is 5.82 Å². The number of nitrogens with one attached hydrogen (secondary N) is 1. The van der Waals surface area contributed by atoms with Crippen LogP contribution < -0.4 is 5.32 Å². The van der Waals surface area contributed by atoms with Gasteiger partial charge in [0.25, 0.3) is 0 Å². The molecule has 4 nitrogen and oxygen atoms in total. The highest BCUT2D eigenvalue weighted by Gasteiger charge is 2.12. The molecule has 112 valence electrons. The molecule has 0 aliphatic carbocycles. The first-order chi connectivity index (χ1) is 10.1. The molecule has 2 aromatic rings. The molecule has 0 radical (unpaired) electrons. The summed E-state index contributed by atoms with van der Waals surface area (Å²) in [6.07, 6.45) is 5.27. The number of rotatable bonds is 6. The third kappa shape index (κ3) is 4.56. The van der Waals surface area contributed by atoms with Crippen molar-refractivity contribution < 1.29 is 9.18 Å². The van der Waals surface area contributed by atoms with Gasteiger partial charge in [0.05, 0.1) is 12.7 Å². The Labute approximate surface area is 127 Å². The summed E-state index contributed by atoms with van der Waals surface area (Å²) in [6.45, 7) is 3.31. The van der Waals surface area contributed by atoms with Crippen LogP contribution >= 0.6 is 11.6 Å². The van der Waals surface area contributed by atoms with Gasteiger partial charge in [-0.1, -0.05) is 24.6 Å². The summed E-state index contributed by atoms with van der Waals surface area (Å²) >= 11 is 5.90. The van der Waals surface area contributed by atoms with Gasteiger partial charge >= 0.3 is 0 Å². The van der Waals surface area contributed by atoms with Crippen molar-refractivity contribution in [2.45, 2.75) is 19.9 Å². The fourth-order valence-corrected chi connectivity index (χ4v) is 2.26. The number of benzene rings is 1. The fraction of sp³-hybridized carbons (Fsp3) is 0.333. The topological polar surface area (TPSA) is 46.9 Å². The zero-order valence-electron chi connectivity index (χ0n) is 11.7. The van der Waals surface area contributed by atoms with Gasteiger partial charge in [-0.2, -0.15) is 0 Å². The van der Waals surface area contributed by atoms with Gasteiger partial charge in [0.1, 0.15) is 5.82 Å². The molecule has 6 heteroatoms. The van der Waals surface area contributed by atoms with Crippen LogP contribution in [0, 0.1) is 11.7 Å². The van der Waals surface area contributed by atoms with Crippen molar-refractivity contribution in [1.82, 2.24) is 14.9 Å². The van der Waals surface area contributed by atoms with E-state index in [0.717, 1.165) is 6.54 Å². The SMILES string of the molecule is C[C@@H](CNC(=O)Cc1c(F)cccc1Cl)Cn1ccnc1. The van der Waals surface area contributed by atoms with Gasteiger partial charge in [0.15, 0.2) is 0 Å². The molecule has 0 aliphatic heterocycles. The molecule has 1 aromatic heterocycles. The van der Waals surface area contributed by atoms with Crippen LogP contribution in [0.4, 0.5) is 4.39 Å². The first-order valence-corrected chi connectivity index (χ1v) is 7.09. The minimum Gasteiger partial charge on any atom is -0.355 e. The van der Waals surface area contributed by atoms with Gasteiger partial charge in [0.2, 0.25) is 5.91 Å². The predicted octanol–water partition coefficient (Wildman–Crippen LogP) is 2.67. The maximum Gasteiger partial charge on any atom is 0.224 e. The fourth-order valence-electron chi connectivity index (χ4n) is 2.03. The molecule has 1 atom stereocenters. The summed E-state index contributed by atoms with van der Waals surface area (Å²) in [5.41, 5.74) is 0.235. The van der Waals surface area contributed by atoms with Crippen molar-refractivity contribution in [1.29, 1.82) is 0 Å². The third-order valence-corrected chi connectivity index (χ3v) is 3.48. The summed E-state index contributed by atoms with van der Waals surface area (Å²) in [5, 5.41) is 3.07. The molecular weight excluding hydrogens is 293 g/mol. The highest BCUT2D eigenvalue weighted by atomic mass is 35.5. The molecular formula is C15H17ClFN3O. The Balaban J connectivity index is 1.82. The van der Waals surface area contributed by atoms with E-state index in [-0.39, 0.29) is 28.8 Å². The van der Waals surface area contributed by atoms with Gasteiger partial charge in [-0.15, -0.1) is 0 Å². The van der Waals surface area contributed by atoms with E-state index in [2.05, 4.69) is 10.3 Å². The van der Waals surface area contributed by atoms with E-state index >= 15 is 0 Å². The van der Waals surface area contributed by atoms with E-state index in [4.69, 9.17) is 11.6 Å². The lowest BCUT2D eigenvalue weighted by atomic mass is 10.1. The Morgan fingerprint density at radius 2 is 2.33 bits per heavy atom. The second-order valence-corrected chi connectivity index (χ2v) is 5.45. The van der Waals surface area contributed by atoms with Crippen LogP contribution in [-0.4, -0.2) is 22.0 Å². The zero-order valence-corrected chi connectivity index (χ0v) is 12.5. The van der Waals surface area contributed by atoms with E-state index in [9.17, 15) is 9.18 Å². The minimum absolute atomic E-state index is 0.0523. The second kappa shape index (κ2) is 7.22. The van der Waals surface area contributed by atoms with Crippen LogP contribution in [0.3, 0.4) is 0 Å². The van der Waals surface area contributed by atoms with Crippen molar-refractivity contribution in [3.05, 3.63) is 53.3 Å². The molecule has 0 fully saturated rings. The summed E-state index contributed by atoms with van der Waals surface area (Å²) < 4.78 is 15.5. The Kier molecular flexibility index (Phi) is 5.33. The summed E-state index contributed by atoms with van der Waals surface area (Å²) in [5.74, 6) is -0.442. The maximum absolute atomic E-state index is 13.6. The Morgan fingerprint density at radius 3 is 3.00 bits per heavy atom. The molecule has 0 unspecified atom stereocenters. The van der Waals surface area contributed by atoms with E-state index in [1.54, 1.807) is 18.6 Å². The van der Waals surface area contributed by atoms with Crippen molar-refractivity contribution in [3.63, 3.8) is 0 Å². The van der Waals surface area contributed by atoms with Crippen LogP contribution in [0.15, 0.2) is 36.9 Å². The number of imidazole rings is 1. The maximum atomic E-state index is 13.6.